The molecule has 1 aromatic heterocycles. The Bertz CT molecular complexity index is 921. The van der Waals surface area contributed by atoms with Gasteiger partial charge in [0.25, 0.3) is 5.56 Å². The summed E-state index contributed by atoms with van der Waals surface area (Å²) in [5.74, 6) is 3.36. The van der Waals surface area contributed by atoms with E-state index in [1.165, 1.54) is 23.8 Å². The number of rotatable bonds is 8. The molecular formula is C21H23N3O2S. The Morgan fingerprint density at radius 1 is 1.11 bits per heavy atom. The van der Waals surface area contributed by atoms with Crippen LogP contribution in [0.5, 0.6) is 5.75 Å². The molecule has 27 heavy (non-hydrogen) atoms. The van der Waals surface area contributed by atoms with Crippen LogP contribution in [0.25, 0.3) is 11.3 Å². The van der Waals surface area contributed by atoms with Crippen molar-refractivity contribution in [3.05, 3.63) is 70.5 Å². The monoisotopic (exact) mass is 381 g/mol. The number of methoxy groups -OCH3 is 1. The number of aromatic nitrogens is 2. The van der Waals surface area contributed by atoms with Gasteiger partial charge in [-0.2, -0.15) is 11.8 Å². The largest absolute Gasteiger partial charge is 0.497 e. The van der Waals surface area contributed by atoms with Crippen molar-refractivity contribution in [2.45, 2.75) is 19.1 Å². The number of ether oxygens (including phenoxy) is 1. The van der Waals surface area contributed by atoms with Crippen LogP contribution in [0.15, 0.2) is 59.4 Å². The average molecular weight is 382 g/mol. The van der Waals surface area contributed by atoms with Crippen LogP contribution in [0.4, 0.5) is 11.6 Å². The number of hydrogen-bond donors (Lipinski definition) is 2. The highest BCUT2D eigenvalue weighted by Gasteiger charge is 2.05. The predicted molar refractivity (Wildman–Crippen MR) is 113 cm³/mol. The fourth-order valence-electron chi connectivity index (χ4n) is 2.58. The molecule has 0 aliphatic carbocycles. The molecule has 0 spiro atoms. The molecule has 1 heterocycles. The third kappa shape index (κ3) is 5.37. The number of benzene rings is 2. The van der Waals surface area contributed by atoms with Crippen LogP contribution >= 0.6 is 11.8 Å². The number of hydrogen-bond acceptors (Lipinski definition) is 5. The van der Waals surface area contributed by atoms with Gasteiger partial charge in [0.2, 0.25) is 5.95 Å². The zero-order valence-corrected chi connectivity index (χ0v) is 16.3. The summed E-state index contributed by atoms with van der Waals surface area (Å²) in [6.45, 7) is 2.19. The molecule has 0 saturated heterocycles. The first-order valence-electron chi connectivity index (χ1n) is 8.87. The summed E-state index contributed by atoms with van der Waals surface area (Å²) in [6, 6.07) is 17.1. The van der Waals surface area contributed by atoms with E-state index in [4.69, 9.17) is 4.74 Å². The third-order valence-electron chi connectivity index (χ3n) is 3.96. The van der Waals surface area contributed by atoms with Crippen molar-refractivity contribution in [1.82, 2.24) is 9.97 Å². The van der Waals surface area contributed by atoms with Crippen molar-refractivity contribution in [3.63, 3.8) is 0 Å². The summed E-state index contributed by atoms with van der Waals surface area (Å²) in [4.78, 5) is 19.3. The van der Waals surface area contributed by atoms with Gasteiger partial charge in [-0.25, -0.2) is 4.98 Å². The number of thioether (sulfide) groups is 1. The highest BCUT2D eigenvalue weighted by Crippen LogP contribution is 2.22. The molecule has 2 N–H and O–H groups in total. The lowest BCUT2D eigenvalue weighted by atomic mass is 10.1. The van der Waals surface area contributed by atoms with Gasteiger partial charge >= 0.3 is 0 Å². The van der Waals surface area contributed by atoms with Crippen LogP contribution in [0.2, 0.25) is 0 Å². The lowest BCUT2D eigenvalue weighted by Gasteiger charge is -2.09. The van der Waals surface area contributed by atoms with Gasteiger partial charge in [-0.05, 0) is 54.1 Å². The van der Waals surface area contributed by atoms with Crippen molar-refractivity contribution < 1.29 is 4.74 Å². The minimum Gasteiger partial charge on any atom is -0.497 e. The smallest absolute Gasteiger partial charge is 0.252 e. The first-order valence-corrected chi connectivity index (χ1v) is 10.0. The number of nitrogens with one attached hydrogen (secondary N) is 2. The Morgan fingerprint density at radius 3 is 2.52 bits per heavy atom. The van der Waals surface area contributed by atoms with Crippen molar-refractivity contribution in [2.24, 2.45) is 0 Å². The Hall–Kier alpha value is -2.73. The molecule has 0 aliphatic heterocycles. The van der Waals surface area contributed by atoms with Crippen LogP contribution in [0.1, 0.15) is 18.9 Å². The minimum absolute atomic E-state index is 0.203. The second-order valence-corrected chi connectivity index (χ2v) is 7.19. The van der Waals surface area contributed by atoms with Crippen LogP contribution in [0, 0.1) is 0 Å². The molecule has 5 nitrogen and oxygen atoms in total. The van der Waals surface area contributed by atoms with E-state index in [0.29, 0.717) is 11.6 Å². The van der Waals surface area contributed by atoms with Gasteiger partial charge < -0.3 is 10.1 Å². The van der Waals surface area contributed by atoms with E-state index in [-0.39, 0.29) is 5.56 Å². The third-order valence-corrected chi connectivity index (χ3v) is 5.20. The van der Waals surface area contributed by atoms with Crippen molar-refractivity contribution in [1.29, 1.82) is 0 Å². The van der Waals surface area contributed by atoms with Gasteiger partial charge in [0.05, 0.1) is 12.8 Å². The predicted octanol–water partition coefficient (Wildman–Crippen LogP) is 4.83. The quantitative estimate of drug-likeness (QED) is 0.547. The summed E-state index contributed by atoms with van der Waals surface area (Å²) in [6.07, 6.45) is 1.19. The molecule has 0 bridgehead atoms. The first-order chi connectivity index (χ1) is 13.2. The molecular weight excluding hydrogens is 358 g/mol. The summed E-state index contributed by atoms with van der Waals surface area (Å²) < 4.78 is 5.17. The lowest BCUT2D eigenvalue weighted by molar-refractivity contribution is 0.415. The van der Waals surface area contributed by atoms with Crippen LogP contribution < -0.4 is 15.6 Å². The lowest BCUT2D eigenvalue weighted by Crippen LogP contribution is -2.10. The number of aromatic amines is 1. The van der Waals surface area contributed by atoms with Gasteiger partial charge in [-0.1, -0.05) is 19.1 Å². The fraction of sp³-hybridized carbons (Fsp3) is 0.238. The highest BCUT2D eigenvalue weighted by molar-refractivity contribution is 7.98. The standard InChI is InChI=1S/C21H23N3O2S/c1-3-12-27-14-15-4-8-17(9-5-15)22-21-23-19(13-20(25)24-21)16-6-10-18(26-2)11-7-16/h4-11,13H,3,12,14H2,1-2H3,(H2,22,23,24,25). The van der Waals surface area contributed by atoms with E-state index in [0.717, 1.165) is 22.8 Å². The molecule has 140 valence electrons. The highest BCUT2D eigenvalue weighted by atomic mass is 32.2. The molecule has 6 heteroatoms. The second kappa shape index (κ2) is 9.28. The van der Waals surface area contributed by atoms with E-state index in [2.05, 4.69) is 34.3 Å². The van der Waals surface area contributed by atoms with Gasteiger partial charge in [-0.15, -0.1) is 0 Å². The van der Waals surface area contributed by atoms with E-state index < -0.39 is 0 Å². The van der Waals surface area contributed by atoms with E-state index in [9.17, 15) is 4.79 Å². The second-order valence-electron chi connectivity index (χ2n) is 6.08. The number of anilines is 2. The average Bonchev–Trinajstić information content (AvgIpc) is 2.69. The number of H-pyrrole nitrogens is 1. The Kier molecular flexibility index (Phi) is 6.54. The Balaban J connectivity index is 1.75. The molecule has 0 atom stereocenters. The van der Waals surface area contributed by atoms with Crippen molar-refractivity contribution in [2.75, 3.05) is 18.2 Å². The normalized spacial score (nSPS) is 10.6. The molecule has 3 aromatic rings. The van der Waals surface area contributed by atoms with Crippen molar-refractivity contribution in [3.8, 4) is 17.0 Å². The van der Waals surface area contributed by atoms with Crippen LogP contribution in [-0.4, -0.2) is 22.8 Å². The fourth-order valence-corrected chi connectivity index (χ4v) is 3.44. The zero-order valence-electron chi connectivity index (χ0n) is 15.5. The zero-order chi connectivity index (χ0) is 19.1. The summed E-state index contributed by atoms with van der Waals surface area (Å²) in [7, 11) is 1.62. The minimum atomic E-state index is -0.203. The summed E-state index contributed by atoms with van der Waals surface area (Å²) in [5.41, 5.74) is 3.43. The summed E-state index contributed by atoms with van der Waals surface area (Å²) in [5, 5.41) is 3.17. The molecule has 0 fully saturated rings. The van der Waals surface area contributed by atoms with E-state index >= 15 is 0 Å². The maximum atomic E-state index is 12.0. The maximum absolute atomic E-state index is 12.0. The van der Waals surface area contributed by atoms with Gasteiger partial charge in [0.15, 0.2) is 0 Å². The van der Waals surface area contributed by atoms with Gasteiger partial charge in [-0.3, -0.25) is 9.78 Å². The van der Waals surface area contributed by atoms with Crippen molar-refractivity contribution >= 4 is 23.4 Å². The molecule has 0 aliphatic rings. The van der Waals surface area contributed by atoms with E-state index in [1.54, 1.807) is 7.11 Å². The number of nitrogens with zero attached hydrogens (tertiary/aromatic N) is 1. The molecule has 2 aromatic carbocycles. The van der Waals surface area contributed by atoms with Crippen LogP contribution in [-0.2, 0) is 5.75 Å². The molecule has 0 radical (unpaired) electrons. The molecule has 0 amide bonds. The summed E-state index contributed by atoms with van der Waals surface area (Å²) >= 11 is 1.93. The van der Waals surface area contributed by atoms with Crippen LogP contribution in [0.3, 0.4) is 0 Å². The van der Waals surface area contributed by atoms with Gasteiger partial charge in [0, 0.05) is 23.1 Å². The Morgan fingerprint density at radius 2 is 1.85 bits per heavy atom. The Labute approximate surface area is 163 Å². The topological polar surface area (TPSA) is 67.0 Å². The van der Waals surface area contributed by atoms with Gasteiger partial charge in [0.1, 0.15) is 5.75 Å². The first kappa shape index (κ1) is 19.0. The SMILES string of the molecule is CCCSCc1ccc(Nc2nc(-c3ccc(OC)cc3)cc(=O)[nH]2)cc1. The molecule has 3 rings (SSSR count). The van der Waals surface area contributed by atoms with E-state index in [1.807, 2.05) is 48.2 Å². The molecule has 0 saturated carbocycles. The maximum Gasteiger partial charge on any atom is 0.252 e. The molecule has 0 unspecified atom stereocenters.